The normalized spacial score (nSPS) is 18.2. The summed E-state index contributed by atoms with van der Waals surface area (Å²) in [4.78, 5) is 13.1. The quantitative estimate of drug-likeness (QED) is 0.697. The van der Waals surface area contributed by atoms with E-state index in [-0.39, 0.29) is 11.5 Å². The van der Waals surface area contributed by atoms with E-state index in [4.69, 9.17) is 4.74 Å². The van der Waals surface area contributed by atoms with Crippen LogP contribution in [0.1, 0.15) is 32.6 Å². The van der Waals surface area contributed by atoms with Crippen molar-refractivity contribution in [3.05, 3.63) is 12.4 Å². The first-order chi connectivity index (χ1) is 7.27. The number of hydrogen-bond acceptors (Lipinski definition) is 4. The van der Waals surface area contributed by atoms with Crippen molar-refractivity contribution in [2.24, 2.45) is 0 Å². The van der Waals surface area contributed by atoms with Crippen LogP contribution in [0.4, 0.5) is 0 Å². The van der Waals surface area contributed by atoms with Gasteiger partial charge >= 0.3 is 5.97 Å². The number of ether oxygens (including phenoxy) is 1. The number of rotatable bonds is 4. The van der Waals surface area contributed by atoms with Gasteiger partial charge in [0.2, 0.25) is 0 Å². The molecule has 15 heavy (non-hydrogen) atoms. The van der Waals surface area contributed by atoms with Crippen LogP contribution in [-0.4, -0.2) is 27.6 Å². The first-order valence-electron chi connectivity index (χ1n) is 5.29. The third-order valence-electron chi connectivity index (χ3n) is 2.91. The zero-order valence-electron chi connectivity index (χ0n) is 8.85. The van der Waals surface area contributed by atoms with Crippen LogP contribution in [-0.2, 0) is 15.1 Å². The van der Waals surface area contributed by atoms with Gasteiger partial charge in [0.15, 0.2) is 0 Å². The Kier molecular flexibility index (Phi) is 2.70. The minimum atomic E-state index is -0.213. The maximum atomic E-state index is 11.5. The molecule has 0 amide bonds. The van der Waals surface area contributed by atoms with Gasteiger partial charge in [-0.05, 0) is 26.2 Å². The van der Waals surface area contributed by atoms with Crippen molar-refractivity contribution in [2.75, 3.05) is 6.61 Å². The average Bonchev–Trinajstić information content (AvgIpc) is 2.64. The first-order valence-corrected chi connectivity index (χ1v) is 5.29. The molecule has 1 aliphatic rings. The van der Waals surface area contributed by atoms with Crippen LogP contribution in [0.2, 0.25) is 0 Å². The molecule has 1 aromatic heterocycles. The Morgan fingerprint density at radius 3 is 2.60 bits per heavy atom. The number of esters is 1. The van der Waals surface area contributed by atoms with Crippen LogP contribution < -0.4 is 0 Å². The minimum absolute atomic E-state index is 0.158. The Morgan fingerprint density at radius 2 is 2.13 bits per heavy atom. The van der Waals surface area contributed by atoms with E-state index in [2.05, 4.69) is 10.2 Å². The van der Waals surface area contributed by atoms with E-state index in [0.717, 1.165) is 19.3 Å². The molecular formula is C10H15N3O2. The van der Waals surface area contributed by atoms with Crippen molar-refractivity contribution < 1.29 is 9.53 Å². The summed E-state index contributed by atoms with van der Waals surface area (Å²) in [6.07, 6.45) is 6.72. The van der Waals surface area contributed by atoms with Crippen molar-refractivity contribution in [1.29, 1.82) is 0 Å². The predicted octanol–water partition coefficient (Wildman–Crippen LogP) is 1.11. The predicted molar refractivity (Wildman–Crippen MR) is 53.1 cm³/mol. The molecule has 0 N–H and O–H groups in total. The van der Waals surface area contributed by atoms with Gasteiger partial charge in [-0.25, -0.2) is 0 Å². The van der Waals surface area contributed by atoms with Gasteiger partial charge in [-0.1, -0.05) is 0 Å². The SMILES string of the molecule is CCOC(=O)CC1(n2nccn2)CCC1. The summed E-state index contributed by atoms with van der Waals surface area (Å²) in [5.74, 6) is -0.158. The van der Waals surface area contributed by atoms with Crippen LogP contribution >= 0.6 is 0 Å². The minimum Gasteiger partial charge on any atom is -0.466 e. The second kappa shape index (κ2) is 4.00. The Hall–Kier alpha value is -1.39. The summed E-state index contributed by atoms with van der Waals surface area (Å²) in [6.45, 7) is 2.25. The second-order valence-electron chi connectivity index (χ2n) is 3.88. The van der Waals surface area contributed by atoms with E-state index in [1.165, 1.54) is 0 Å². The summed E-state index contributed by atoms with van der Waals surface area (Å²) in [7, 11) is 0. The average molecular weight is 209 g/mol. The summed E-state index contributed by atoms with van der Waals surface area (Å²) in [5, 5.41) is 8.24. The molecule has 0 atom stereocenters. The smallest absolute Gasteiger partial charge is 0.308 e. The van der Waals surface area contributed by atoms with Gasteiger partial charge in [0.1, 0.15) is 0 Å². The maximum Gasteiger partial charge on any atom is 0.308 e. The third-order valence-corrected chi connectivity index (χ3v) is 2.91. The van der Waals surface area contributed by atoms with E-state index in [0.29, 0.717) is 13.0 Å². The molecule has 0 spiro atoms. The van der Waals surface area contributed by atoms with Gasteiger partial charge in [0, 0.05) is 0 Å². The molecular weight excluding hydrogens is 194 g/mol. The van der Waals surface area contributed by atoms with Gasteiger partial charge in [-0.2, -0.15) is 15.0 Å². The van der Waals surface area contributed by atoms with Crippen molar-refractivity contribution in [2.45, 2.75) is 38.1 Å². The van der Waals surface area contributed by atoms with Gasteiger partial charge in [-0.3, -0.25) is 4.79 Å². The topological polar surface area (TPSA) is 57.0 Å². The zero-order valence-corrected chi connectivity index (χ0v) is 8.85. The van der Waals surface area contributed by atoms with Crippen molar-refractivity contribution in [3.8, 4) is 0 Å². The molecule has 5 heteroatoms. The Labute approximate surface area is 88.4 Å². The van der Waals surface area contributed by atoms with Crippen LogP contribution in [0, 0.1) is 0 Å². The lowest BCUT2D eigenvalue weighted by atomic mass is 9.75. The Balaban J connectivity index is 2.06. The molecule has 1 aromatic rings. The van der Waals surface area contributed by atoms with Crippen LogP contribution in [0.3, 0.4) is 0 Å². The lowest BCUT2D eigenvalue weighted by molar-refractivity contribution is -0.147. The molecule has 0 saturated heterocycles. The van der Waals surface area contributed by atoms with Crippen molar-refractivity contribution in [1.82, 2.24) is 15.0 Å². The highest BCUT2D eigenvalue weighted by Gasteiger charge is 2.42. The van der Waals surface area contributed by atoms with E-state index in [1.54, 1.807) is 17.2 Å². The van der Waals surface area contributed by atoms with E-state index in [9.17, 15) is 4.79 Å². The number of aromatic nitrogens is 3. The molecule has 1 heterocycles. The summed E-state index contributed by atoms with van der Waals surface area (Å²) in [5.41, 5.74) is -0.213. The number of carbonyl (C=O) groups is 1. The Morgan fingerprint density at radius 1 is 1.47 bits per heavy atom. The third kappa shape index (κ3) is 1.86. The summed E-state index contributed by atoms with van der Waals surface area (Å²) in [6, 6.07) is 0. The highest BCUT2D eigenvalue weighted by molar-refractivity contribution is 5.70. The fourth-order valence-electron chi connectivity index (χ4n) is 1.97. The molecule has 5 nitrogen and oxygen atoms in total. The monoisotopic (exact) mass is 209 g/mol. The molecule has 1 fully saturated rings. The van der Waals surface area contributed by atoms with E-state index in [1.807, 2.05) is 6.92 Å². The van der Waals surface area contributed by atoms with Crippen molar-refractivity contribution >= 4 is 5.97 Å². The molecule has 1 saturated carbocycles. The molecule has 1 aliphatic carbocycles. The Bertz CT molecular complexity index is 330. The number of nitrogens with zero attached hydrogens (tertiary/aromatic N) is 3. The fourth-order valence-corrected chi connectivity index (χ4v) is 1.97. The first kappa shape index (κ1) is 10.1. The van der Waals surface area contributed by atoms with Gasteiger partial charge < -0.3 is 4.74 Å². The molecule has 0 aromatic carbocycles. The van der Waals surface area contributed by atoms with Gasteiger partial charge in [0.25, 0.3) is 0 Å². The molecule has 0 aliphatic heterocycles. The zero-order chi connectivity index (χ0) is 10.7. The van der Waals surface area contributed by atoms with E-state index >= 15 is 0 Å². The molecule has 0 unspecified atom stereocenters. The summed E-state index contributed by atoms with van der Waals surface area (Å²) < 4.78 is 4.96. The lowest BCUT2D eigenvalue weighted by Crippen LogP contribution is -2.44. The largest absolute Gasteiger partial charge is 0.466 e. The highest BCUT2D eigenvalue weighted by Crippen LogP contribution is 2.41. The van der Waals surface area contributed by atoms with Gasteiger partial charge in [-0.15, -0.1) is 0 Å². The van der Waals surface area contributed by atoms with Crippen LogP contribution in [0.5, 0.6) is 0 Å². The molecule has 2 rings (SSSR count). The molecule has 82 valence electrons. The van der Waals surface area contributed by atoms with Gasteiger partial charge in [0.05, 0.1) is 31.0 Å². The van der Waals surface area contributed by atoms with E-state index < -0.39 is 0 Å². The number of hydrogen-bond donors (Lipinski definition) is 0. The van der Waals surface area contributed by atoms with Crippen LogP contribution in [0.15, 0.2) is 12.4 Å². The molecule has 0 radical (unpaired) electrons. The van der Waals surface area contributed by atoms with Crippen LogP contribution in [0.25, 0.3) is 0 Å². The maximum absolute atomic E-state index is 11.5. The second-order valence-corrected chi connectivity index (χ2v) is 3.88. The lowest BCUT2D eigenvalue weighted by Gasteiger charge is -2.39. The fraction of sp³-hybridized carbons (Fsp3) is 0.700. The molecule has 0 bridgehead atoms. The van der Waals surface area contributed by atoms with Crippen molar-refractivity contribution in [3.63, 3.8) is 0 Å². The standard InChI is InChI=1S/C10H15N3O2/c1-2-15-9(14)8-10(4-3-5-10)13-11-6-7-12-13/h6-7H,2-5,8H2,1H3. The summed E-state index contributed by atoms with van der Waals surface area (Å²) >= 11 is 0. The highest BCUT2D eigenvalue weighted by atomic mass is 16.5. The number of carbonyl (C=O) groups excluding carboxylic acids is 1.